The Morgan fingerprint density at radius 3 is 2.60 bits per heavy atom. The van der Waals surface area contributed by atoms with E-state index in [2.05, 4.69) is 21.2 Å². The fourth-order valence-corrected chi connectivity index (χ4v) is 2.85. The smallest absolute Gasteiger partial charge is 0.137 e. The summed E-state index contributed by atoms with van der Waals surface area (Å²) in [4.78, 5) is 0. The van der Waals surface area contributed by atoms with Gasteiger partial charge in [0.15, 0.2) is 0 Å². The van der Waals surface area contributed by atoms with E-state index in [1.54, 1.807) is 18.2 Å². The van der Waals surface area contributed by atoms with Crippen molar-refractivity contribution in [2.45, 2.75) is 13.0 Å². The summed E-state index contributed by atoms with van der Waals surface area (Å²) in [6.07, 6.45) is 0. The number of hydrogen-bond acceptors (Lipinski definition) is 1. The van der Waals surface area contributed by atoms with Gasteiger partial charge in [-0.3, -0.25) is 0 Å². The van der Waals surface area contributed by atoms with Crippen LogP contribution in [0.4, 0.5) is 4.39 Å². The van der Waals surface area contributed by atoms with Crippen LogP contribution >= 0.6 is 39.1 Å². The van der Waals surface area contributed by atoms with Gasteiger partial charge in [0.25, 0.3) is 0 Å². The minimum atomic E-state index is -0.287. The zero-order chi connectivity index (χ0) is 14.7. The molecule has 20 heavy (non-hydrogen) atoms. The number of nitrogens with one attached hydrogen (secondary N) is 1. The number of hydrogen-bond donors (Lipinski definition) is 1. The lowest BCUT2D eigenvalue weighted by Gasteiger charge is -2.21. The Hall–Kier alpha value is -0.610. The van der Waals surface area contributed by atoms with E-state index < -0.39 is 0 Å². The van der Waals surface area contributed by atoms with Crippen molar-refractivity contribution < 1.29 is 4.39 Å². The van der Waals surface area contributed by atoms with Crippen LogP contribution in [0, 0.1) is 5.82 Å². The lowest BCUT2D eigenvalue weighted by atomic mass is 9.98. The molecule has 0 aliphatic rings. The van der Waals surface area contributed by atoms with Crippen molar-refractivity contribution in [2.75, 3.05) is 6.54 Å². The fraction of sp³-hybridized carbons (Fsp3) is 0.200. The topological polar surface area (TPSA) is 12.0 Å². The van der Waals surface area contributed by atoms with Gasteiger partial charge < -0.3 is 5.32 Å². The summed E-state index contributed by atoms with van der Waals surface area (Å²) in [6.45, 7) is 2.74. The average Bonchev–Trinajstić information content (AvgIpc) is 2.43. The van der Waals surface area contributed by atoms with E-state index in [-0.39, 0.29) is 11.9 Å². The van der Waals surface area contributed by atoms with E-state index in [0.717, 1.165) is 17.7 Å². The minimum absolute atomic E-state index is 0.153. The molecule has 2 rings (SSSR count). The Morgan fingerprint density at radius 1 is 1.20 bits per heavy atom. The third-order valence-corrected chi connectivity index (χ3v) is 4.55. The number of benzene rings is 2. The predicted molar refractivity (Wildman–Crippen MR) is 86.1 cm³/mol. The first-order chi connectivity index (χ1) is 9.54. The quantitative estimate of drug-likeness (QED) is 0.732. The van der Waals surface area contributed by atoms with Gasteiger partial charge in [0.1, 0.15) is 5.82 Å². The van der Waals surface area contributed by atoms with Crippen LogP contribution in [0.3, 0.4) is 0 Å². The molecule has 0 fully saturated rings. The van der Waals surface area contributed by atoms with Crippen LogP contribution in [0.15, 0.2) is 40.9 Å². The zero-order valence-electron chi connectivity index (χ0n) is 10.8. The van der Waals surface area contributed by atoms with Crippen LogP contribution in [0.25, 0.3) is 0 Å². The monoisotopic (exact) mass is 375 g/mol. The highest BCUT2D eigenvalue weighted by Crippen LogP contribution is 2.33. The van der Waals surface area contributed by atoms with Crippen LogP contribution in [-0.2, 0) is 0 Å². The molecule has 1 N–H and O–H groups in total. The standard InChI is InChI=1S/C15H13BrCl2FN/c1-2-20-15(9-6-7-11(17)12(18)8-9)10-4-3-5-13(19)14(10)16/h3-8,15,20H,2H2,1H3. The summed E-state index contributed by atoms with van der Waals surface area (Å²) >= 11 is 15.3. The van der Waals surface area contributed by atoms with Gasteiger partial charge in [0.05, 0.1) is 20.6 Å². The van der Waals surface area contributed by atoms with Gasteiger partial charge in [-0.1, -0.05) is 48.3 Å². The van der Waals surface area contributed by atoms with Crippen molar-refractivity contribution in [3.8, 4) is 0 Å². The predicted octanol–water partition coefficient (Wildman–Crippen LogP) is 5.59. The molecule has 0 heterocycles. The van der Waals surface area contributed by atoms with Crippen LogP contribution < -0.4 is 5.32 Å². The molecule has 0 aliphatic heterocycles. The van der Waals surface area contributed by atoms with Gasteiger partial charge in [-0.05, 0) is 51.8 Å². The van der Waals surface area contributed by atoms with E-state index in [4.69, 9.17) is 23.2 Å². The highest BCUT2D eigenvalue weighted by atomic mass is 79.9. The van der Waals surface area contributed by atoms with Gasteiger partial charge in [-0.25, -0.2) is 4.39 Å². The molecule has 0 bridgehead atoms. The maximum Gasteiger partial charge on any atom is 0.137 e. The van der Waals surface area contributed by atoms with Gasteiger partial charge in [-0.15, -0.1) is 0 Å². The molecule has 106 valence electrons. The second kappa shape index (κ2) is 6.90. The summed E-state index contributed by atoms with van der Waals surface area (Å²) in [5.41, 5.74) is 1.76. The molecule has 0 aliphatic carbocycles. The Labute approximate surface area is 136 Å². The molecular formula is C15H13BrCl2FN. The zero-order valence-corrected chi connectivity index (χ0v) is 13.9. The van der Waals surface area contributed by atoms with E-state index in [9.17, 15) is 4.39 Å². The maximum absolute atomic E-state index is 13.7. The van der Waals surface area contributed by atoms with Crippen LogP contribution in [0.5, 0.6) is 0 Å². The Morgan fingerprint density at radius 2 is 1.95 bits per heavy atom. The largest absolute Gasteiger partial charge is 0.306 e. The van der Waals surface area contributed by atoms with E-state index in [1.165, 1.54) is 6.07 Å². The SMILES string of the molecule is CCNC(c1ccc(Cl)c(Cl)c1)c1cccc(F)c1Br. The summed E-state index contributed by atoms with van der Waals surface area (Å²) in [5, 5.41) is 4.32. The third kappa shape index (κ3) is 3.34. The molecule has 0 amide bonds. The lowest BCUT2D eigenvalue weighted by molar-refractivity contribution is 0.595. The Balaban J connectivity index is 2.50. The van der Waals surface area contributed by atoms with E-state index in [1.807, 2.05) is 19.1 Å². The summed E-state index contributed by atoms with van der Waals surface area (Å²) in [7, 11) is 0. The first-order valence-corrected chi connectivity index (χ1v) is 7.71. The summed E-state index contributed by atoms with van der Waals surface area (Å²) < 4.78 is 14.2. The van der Waals surface area contributed by atoms with Crippen molar-refractivity contribution in [1.29, 1.82) is 0 Å². The van der Waals surface area contributed by atoms with Crippen molar-refractivity contribution in [3.05, 3.63) is 67.9 Å². The Kier molecular flexibility index (Phi) is 5.44. The van der Waals surface area contributed by atoms with Crippen molar-refractivity contribution in [3.63, 3.8) is 0 Å². The highest BCUT2D eigenvalue weighted by Gasteiger charge is 2.18. The van der Waals surface area contributed by atoms with Gasteiger partial charge in [-0.2, -0.15) is 0 Å². The molecule has 2 aromatic rings. The van der Waals surface area contributed by atoms with Gasteiger partial charge in [0.2, 0.25) is 0 Å². The molecule has 1 atom stereocenters. The fourth-order valence-electron chi connectivity index (χ4n) is 2.05. The highest BCUT2D eigenvalue weighted by molar-refractivity contribution is 9.10. The molecule has 5 heteroatoms. The molecule has 0 aromatic heterocycles. The van der Waals surface area contributed by atoms with Crippen molar-refractivity contribution >= 4 is 39.1 Å². The Bertz CT molecular complexity index is 619. The van der Waals surface area contributed by atoms with Crippen molar-refractivity contribution in [2.24, 2.45) is 0 Å². The van der Waals surface area contributed by atoms with Crippen LogP contribution in [0.2, 0.25) is 10.0 Å². The molecule has 0 saturated carbocycles. The lowest BCUT2D eigenvalue weighted by Crippen LogP contribution is -2.22. The molecule has 1 unspecified atom stereocenters. The summed E-state index contributed by atoms with van der Waals surface area (Å²) in [5.74, 6) is -0.287. The second-order valence-corrected chi connectivity index (χ2v) is 5.91. The number of halogens is 4. The first-order valence-electron chi connectivity index (χ1n) is 6.16. The molecule has 0 spiro atoms. The van der Waals surface area contributed by atoms with Crippen LogP contribution in [0.1, 0.15) is 24.1 Å². The third-order valence-electron chi connectivity index (χ3n) is 2.98. The van der Waals surface area contributed by atoms with Crippen LogP contribution in [-0.4, -0.2) is 6.54 Å². The molecule has 1 nitrogen and oxygen atoms in total. The average molecular weight is 377 g/mol. The van der Waals surface area contributed by atoms with Gasteiger partial charge >= 0.3 is 0 Å². The molecular weight excluding hydrogens is 364 g/mol. The maximum atomic E-state index is 13.7. The van der Waals surface area contributed by atoms with E-state index >= 15 is 0 Å². The molecule has 0 radical (unpaired) electrons. The summed E-state index contributed by atoms with van der Waals surface area (Å²) in [6, 6.07) is 10.3. The van der Waals surface area contributed by atoms with Crippen molar-refractivity contribution in [1.82, 2.24) is 5.32 Å². The first kappa shape index (κ1) is 15.8. The number of rotatable bonds is 4. The van der Waals surface area contributed by atoms with E-state index in [0.29, 0.717) is 14.5 Å². The van der Waals surface area contributed by atoms with Gasteiger partial charge in [0, 0.05) is 0 Å². The molecule has 2 aromatic carbocycles. The second-order valence-electron chi connectivity index (χ2n) is 4.31. The normalized spacial score (nSPS) is 12.4. The molecule has 0 saturated heterocycles. The minimum Gasteiger partial charge on any atom is -0.306 e.